The normalized spacial score (nSPS) is 22.5. The van der Waals surface area contributed by atoms with Crippen LogP contribution in [0.1, 0.15) is 31.2 Å². The molecule has 2 rings (SSSR count). The molecule has 0 aromatic heterocycles. The van der Waals surface area contributed by atoms with Crippen molar-refractivity contribution >= 4 is 11.4 Å². The van der Waals surface area contributed by atoms with Gasteiger partial charge in [-0.1, -0.05) is 12.8 Å². The summed E-state index contributed by atoms with van der Waals surface area (Å²) in [6, 6.07) is 6.12. The van der Waals surface area contributed by atoms with E-state index in [9.17, 15) is 15.2 Å². The van der Waals surface area contributed by atoms with Crippen LogP contribution in [0.5, 0.6) is 0 Å². The van der Waals surface area contributed by atoms with Crippen molar-refractivity contribution in [1.29, 1.82) is 5.26 Å². The van der Waals surface area contributed by atoms with Crippen LogP contribution in [0.15, 0.2) is 18.2 Å². The van der Waals surface area contributed by atoms with Crippen molar-refractivity contribution in [2.75, 3.05) is 5.32 Å². The maximum Gasteiger partial charge on any atom is 0.289 e. The average Bonchev–Trinajstić information content (AvgIpc) is 2.41. The van der Waals surface area contributed by atoms with E-state index < -0.39 is 11.0 Å². The minimum atomic E-state index is -0.568. The summed E-state index contributed by atoms with van der Waals surface area (Å²) in [5.41, 5.74) is 0.397. The fraction of sp³-hybridized carbons (Fsp3) is 0.462. The zero-order chi connectivity index (χ0) is 13.8. The second-order valence-electron chi connectivity index (χ2n) is 4.70. The first-order valence-corrected chi connectivity index (χ1v) is 6.25. The van der Waals surface area contributed by atoms with Gasteiger partial charge in [-0.2, -0.15) is 5.26 Å². The molecule has 19 heavy (non-hydrogen) atoms. The monoisotopic (exact) mass is 261 g/mol. The molecule has 0 radical (unpaired) electrons. The third kappa shape index (κ3) is 3.01. The van der Waals surface area contributed by atoms with Crippen molar-refractivity contribution in [3.05, 3.63) is 33.9 Å². The van der Waals surface area contributed by atoms with Gasteiger partial charge in [-0.05, 0) is 25.0 Å². The number of aliphatic hydroxyl groups excluding tert-OH is 1. The number of nitrogens with one attached hydrogen (secondary N) is 1. The molecular formula is C13H15N3O3. The summed E-state index contributed by atoms with van der Waals surface area (Å²) < 4.78 is 0. The summed E-state index contributed by atoms with van der Waals surface area (Å²) in [5.74, 6) is 0. The first-order chi connectivity index (χ1) is 9.11. The van der Waals surface area contributed by atoms with Gasteiger partial charge in [-0.3, -0.25) is 10.1 Å². The van der Waals surface area contributed by atoms with Gasteiger partial charge in [-0.25, -0.2) is 0 Å². The van der Waals surface area contributed by atoms with E-state index in [4.69, 9.17) is 5.26 Å². The molecule has 2 atom stereocenters. The highest BCUT2D eigenvalue weighted by Gasteiger charge is 2.23. The topological polar surface area (TPSA) is 99.2 Å². The van der Waals surface area contributed by atoms with Crippen LogP contribution in [-0.2, 0) is 0 Å². The average molecular weight is 261 g/mol. The lowest BCUT2D eigenvalue weighted by Crippen LogP contribution is -2.36. The molecule has 6 heteroatoms. The number of hydrogen-bond donors (Lipinski definition) is 2. The number of benzene rings is 1. The Bertz CT molecular complexity index is 524. The Kier molecular flexibility index (Phi) is 3.97. The van der Waals surface area contributed by atoms with Gasteiger partial charge in [0, 0.05) is 11.8 Å². The Hall–Kier alpha value is -2.13. The fourth-order valence-electron chi connectivity index (χ4n) is 2.36. The Balaban J connectivity index is 2.19. The minimum absolute atomic E-state index is 0.0414. The van der Waals surface area contributed by atoms with Crippen LogP contribution < -0.4 is 5.32 Å². The van der Waals surface area contributed by atoms with Crippen LogP contribution in [0.4, 0.5) is 11.4 Å². The highest BCUT2D eigenvalue weighted by Crippen LogP contribution is 2.26. The molecule has 100 valence electrons. The van der Waals surface area contributed by atoms with E-state index in [0.717, 1.165) is 25.7 Å². The quantitative estimate of drug-likeness (QED) is 0.641. The van der Waals surface area contributed by atoms with Crippen LogP contribution in [0, 0.1) is 21.4 Å². The lowest BCUT2D eigenvalue weighted by atomic mass is 9.92. The van der Waals surface area contributed by atoms with Crippen LogP contribution in [-0.4, -0.2) is 22.2 Å². The molecule has 2 N–H and O–H groups in total. The van der Waals surface area contributed by atoms with Gasteiger partial charge < -0.3 is 10.4 Å². The number of nitrogens with zero attached hydrogens (tertiary/aromatic N) is 2. The summed E-state index contributed by atoms with van der Waals surface area (Å²) >= 11 is 0. The predicted molar refractivity (Wildman–Crippen MR) is 69.7 cm³/mol. The smallest absolute Gasteiger partial charge is 0.289 e. The molecule has 0 aliphatic heterocycles. The van der Waals surface area contributed by atoms with Crippen LogP contribution in [0.25, 0.3) is 0 Å². The van der Waals surface area contributed by atoms with E-state index >= 15 is 0 Å². The number of nitro groups is 1. The number of nitriles is 1. The molecule has 1 aromatic rings. The van der Waals surface area contributed by atoms with Crippen molar-refractivity contribution in [3.8, 4) is 6.07 Å². The molecule has 0 spiro atoms. The zero-order valence-electron chi connectivity index (χ0n) is 10.4. The van der Waals surface area contributed by atoms with Gasteiger partial charge in [0.15, 0.2) is 0 Å². The van der Waals surface area contributed by atoms with Crippen molar-refractivity contribution in [1.82, 2.24) is 0 Å². The molecule has 1 aromatic carbocycles. The third-order valence-corrected chi connectivity index (χ3v) is 3.40. The summed E-state index contributed by atoms with van der Waals surface area (Å²) in [7, 11) is 0. The van der Waals surface area contributed by atoms with Gasteiger partial charge >= 0.3 is 0 Å². The van der Waals surface area contributed by atoms with Crippen molar-refractivity contribution in [3.63, 3.8) is 0 Å². The van der Waals surface area contributed by atoms with Gasteiger partial charge in [0.25, 0.3) is 5.69 Å². The second kappa shape index (κ2) is 5.67. The molecular weight excluding hydrogens is 246 g/mol. The van der Waals surface area contributed by atoms with Crippen LogP contribution >= 0.6 is 0 Å². The Morgan fingerprint density at radius 2 is 2.16 bits per heavy atom. The summed E-state index contributed by atoms with van der Waals surface area (Å²) in [6.07, 6.45) is 3.20. The van der Waals surface area contributed by atoms with E-state index in [0.29, 0.717) is 5.69 Å². The molecule has 2 unspecified atom stereocenters. The highest BCUT2D eigenvalue weighted by atomic mass is 16.6. The number of nitro benzene ring substituents is 1. The third-order valence-electron chi connectivity index (χ3n) is 3.40. The van der Waals surface area contributed by atoms with Gasteiger partial charge in [0.2, 0.25) is 0 Å². The molecule has 0 heterocycles. The van der Waals surface area contributed by atoms with Crippen LogP contribution in [0.2, 0.25) is 0 Å². The lowest BCUT2D eigenvalue weighted by Gasteiger charge is -2.29. The summed E-state index contributed by atoms with van der Waals surface area (Å²) in [5, 5.41) is 32.6. The minimum Gasteiger partial charge on any atom is -0.391 e. The zero-order valence-corrected chi connectivity index (χ0v) is 10.4. The number of hydrogen-bond acceptors (Lipinski definition) is 5. The van der Waals surface area contributed by atoms with E-state index in [1.807, 2.05) is 0 Å². The molecule has 1 fully saturated rings. The number of rotatable bonds is 3. The van der Waals surface area contributed by atoms with Crippen LogP contribution in [0.3, 0.4) is 0 Å². The Labute approximate surface area is 110 Å². The molecule has 6 nitrogen and oxygen atoms in total. The maximum absolute atomic E-state index is 10.9. The van der Waals surface area contributed by atoms with E-state index in [1.165, 1.54) is 12.1 Å². The van der Waals surface area contributed by atoms with E-state index in [-0.39, 0.29) is 17.3 Å². The molecule has 0 bridgehead atoms. The maximum atomic E-state index is 10.9. The number of aliphatic hydroxyl groups is 1. The second-order valence-corrected chi connectivity index (χ2v) is 4.70. The molecule has 0 saturated heterocycles. The lowest BCUT2D eigenvalue weighted by molar-refractivity contribution is -0.385. The van der Waals surface area contributed by atoms with Crippen molar-refractivity contribution < 1.29 is 10.0 Å². The van der Waals surface area contributed by atoms with Gasteiger partial charge in [0.05, 0.1) is 17.1 Å². The SMILES string of the molecule is N#Cc1ccc(NC2CCCCC2O)cc1[N+](=O)[O-]. The molecule has 1 aliphatic rings. The fourth-order valence-corrected chi connectivity index (χ4v) is 2.36. The Morgan fingerprint density at radius 1 is 1.42 bits per heavy atom. The number of anilines is 1. The molecule has 1 saturated carbocycles. The first-order valence-electron chi connectivity index (χ1n) is 6.25. The summed E-state index contributed by atoms with van der Waals surface area (Å²) in [6.45, 7) is 0. The predicted octanol–water partition coefficient (Wildman–Crippen LogP) is 2.18. The summed E-state index contributed by atoms with van der Waals surface area (Å²) in [4.78, 5) is 10.3. The molecule has 0 amide bonds. The van der Waals surface area contributed by atoms with Crippen molar-refractivity contribution in [2.45, 2.75) is 37.8 Å². The highest BCUT2D eigenvalue weighted by molar-refractivity contribution is 5.59. The standard InChI is InChI=1S/C13H15N3O3/c14-8-9-5-6-10(7-12(9)16(18)19)15-11-3-1-2-4-13(11)17/h5-7,11,13,15,17H,1-4H2. The van der Waals surface area contributed by atoms with Gasteiger partial charge in [0.1, 0.15) is 11.6 Å². The van der Waals surface area contributed by atoms with Crippen molar-refractivity contribution in [2.24, 2.45) is 0 Å². The van der Waals surface area contributed by atoms with E-state index in [1.54, 1.807) is 12.1 Å². The first kappa shape index (κ1) is 13.3. The van der Waals surface area contributed by atoms with Gasteiger partial charge in [-0.15, -0.1) is 0 Å². The molecule has 1 aliphatic carbocycles. The van der Waals surface area contributed by atoms with E-state index in [2.05, 4.69) is 5.32 Å². The largest absolute Gasteiger partial charge is 0.391 e. The Morgan fingerprint density at radius 3 is 2.79 bits per heavy atom.